The molecule has 0 aliphatic heterocycles. The van der Waals surface area contributed by atoms with E-state index in [-0.39, 0.29) is 108 Å². The van der Waals surface area contributed by atoms with Crippen LogP contribution in [0.1, 0.15) is 135 Å². The first kappa shape index (κ1) is 85.8. The Kier molecular flexibility index (Phi) is 33.1. The molecule has 2 aliphatic rings. The van der Waals surface area contributed by atoms with E-state index < -0.39 is 96.4 Å². The summed E-state index contributed by atoms with van der Waals surface area (Å²) in [5.41, 5.74) is 7.09. The van der Waals surface area contributed by atoms with Crippen LogP contribution >= 0.6 is 15.6 Å². The van der Waals surface area contributed by atoms with E-state index in [1.54, 1.807) is 41.5 Å². The maximum Gasteiger partial charge on any atom is 0.475 e. The Labute approximate surface area is 629 Å². The summed E-state index contributed by atoms with van der Waals surface area (Å²) in [5.74, 6) is -2.56. The van der Waals surface area contributed by atoms with Crippen LogP contribution in [0, 0.1) is 0 Å². The molecule has 0 bridgehead atoms. The van der Waals surface area contributed by atoms with Crippen molar-refractivity contribution < 1.29 is 93.5 Å². The number of nitrogens with one attached hydrogen (secondary N) is 4. The minimum atomic E-state index is -4.32. The molecule has 0 fully saturated rings. The molecule has 578 valence electrons. The van der Waals surface area contributed by atoms with Crippen molar-refractivity contribution in [3.63, 3.8) is 0 Å². The van der Waals surface area contributed by atoms with Crippen LogP contribution < -0.4 is 31.6 Å². The summed E-state index contributed by atoms with van der Waals surface area (Å²) in [7, 11) is -11.4. The van der Waals surface area contributed by atoms with E-state index in [0.717, 1.165) is 54.9 Å². The average molecular weight is 1530 g/mol. The van der Waals surface area contributed by atoms with E-state index in [4.69, 9.17) is 55.6 Å². The number of phosphoric ester groups is 2. The molecule has 4 unspecified atom stereocenters. The summed E-state index contributed by atoms with van der Waals surface area (Å²) in [6.07, 6.45) is 2.05. The van der Waals surface area contributed by atoms with Crippen molar-refractivity contribution in [3.8, 4) is 22.3 Å². The summed E-state index contributed by atoms with van der Waals surface area (Å²) in [6, 6.07) is 49.6. The first-order chi connectivity index (χ1) is 51.0. The summed E-state index contributed by atoms with van der Waals surface area (Å²) >= 11 is 0. The smallest absolute Gasteiger partial charge is 0.460 e. The highest BCUT2D eigenvalue weighted by Gasteiger charge is 2.50. The zero-order valence-electron chi connectivity index (χ0n) is 62.7. The molecule has 0 radical (unpaired) electrons. The second-order valence-electron chi connectivity index (χ2n) is 28.3. The van der Waals surface area contributed by atoms with Crippen LogP contribution in [0.5, 0.6) is 0 Å². The lowest BCUT2D eigenvalue weighted by Crippen LogP contribution is -2.66. The maximum atomic E-state index is 13.9. The molecule has 4 atom stereocenters. The van der Waals surface area contributed by atoms with E-state index in [2.05, 4.69) is 79.5 Å². The van der Waals surface area contributed by atoms with Crippen LogP contribution in [-0.4, -0.2) is 152 Å². The molecular weight excluding hydrogens is 1430 g/mol. The predicted octanol–water partition coefficient (Wildman–Crippen LogP) is 13.3. The largest absolute Gasteiger partial charge is 0.475 e. The molecule has 2 aliphatic carbocycles. The molecule has 8 rings (SSSR count). The fraction of sp³-hybridized carbons (Fsp3) is 0.425. The van der Waals surface area contributed by atoms with Crippen molar-refractivity contribution in [2.24, 2.45) is 0 Å². The van der Waals surface area contributed by atoms with Crippen molar-refractivity contribution in [2.75, 3.05) is 79.2 Å². The number of hydrogen-bond acceptors (Lipinski definition) is 20. The van der Waals surface area contributed by atoms with Crippen LogP contribution in [0.15, 0.2) is 183 Å². The molecule has 27 heteroatoms. The lowest BCUT2D eigenvalue weighted by Gasteiger charge is -2.43. The molecule has 0 saturated carbocycles. The minimum Gasteiger partial charge on any atom is -0.460 e. The van der Waals surface area contributed by atoms with Gasteiger partial charge in [0.1, 0.15) is 36.5 Å². The predicted molar refractivity (Wildman–Crippen MR) is 411 cm³/mol. The Morgan fingerprint density at radius 1 is 0.467 bits per heavy atom. The minimum absolute atomic E-state index is 0.00682. The highest BCUT2D eigenvalue weighted by Crippen LogP contribution is 2.51. The number of carbonyl (C=O) groups is 6. The van der Waals surface area contributed by atoms with Gasteiger partial charge in [0.15, 0.2) is 0 Å². The zero-order chi connectivity index (χ0) is 77.7. The van der Waals surface area contributed by atoms with E-state index in [1.807, 2.05) is 133 Å². The number of rotatable bonds is 40. The number of alkyl carbamates (subject to hydrolysis) is 2. The second-order valence-corrected chi connectivity index (χ2v) is 35.9. The SMILES string of the molecule is C=CCOP(=O)(OCCCC(=O)OC(C)(C)C)OCC(NC(=O)OCC1c2ccccc2-c2ccccc21)C(=O)NCCCO.C=CCOP(=O)(OCCCC(=O)OC(C)(C)C)OCC(NC(=O)OCC1c2ccccc2-c2ccccc21)C(=O)NCCCO[Si](c1ccccc1)(c1ccccc1)C(C)(C)C. The summed E-state index contributed by atoms with van der Waals surface area (Å²) in [5, 5.41) is 21.7. The Bertz CT molecular complexity index is 3880. The van der Waals surface area contributed by atoms with Gasteiger partial charge in [-0.05, 0) is 127 Å². The summed E-state index contributed by atoms with van der Waals surface area (Å²) in [4.78, 5) is 77.5. The number of amides is 4. The molecule has 107 heavy (non-hydrogen) atoms. The monoisotopic (exact) mass is 1530 g/mol. The van der Waals surface area contributed by atoms with Crippen molar-refractivity contribution in [3.05, 3.63) is 205 Å². The molecular formula is C80H104N4O20P2Si. The molecule has 6 aromatic rings. The number of esters is 2. The lowest BCUT2D eigenvalue weighted by atomic mass is 9.98. The number of phosphoric acid groups is 2. The molecule has 6 aromatic carbocycles. The fourth-order valence-electron chi connectivity index (χ4n) is 12.2. The van der Waals surface area contributed by atoms with Gasteiger partial charge in [-0.15, -0.1) is 13.2 Å². The molecule has 0 spiro atoms. The van der Waals surface area contributed by atoms with E-state index in [0.29, 0.717) is 13.0 Å². The normalized spacial score (nSPS) is 14.3. The zero-order valence-corrected chi connectivity index (χ0v) is 65.5. The Hall–Kier alpha value is -8.42. The lowest BCUT2D eigenvalue weighted by molar-refractivity contribution is -0.156. The number of carbonyl (C=O) groups excluding carboxylic acids is 6. The number of ether oxygens (including phenoxy) is 4. The maximum absolute atomic E-state index is 13.9. The van der Waals surface area contributed by atoms with Crippen LogP contribution in [0.2, 0.25) is 5.04 Å². The third-order valence-electron chi connectivity index (χ3n) is 16.8. The Morgan fingerprint density at radius 2 is 0.813 bits per heavy atom. The van der Waals surface area contributed by atoms with Crippen molar-refractivity contribution in [2.45, 2.75) is 141 Å². The third-order valence-corrected chi connectivity index (χ3v) is 24.7. The van der Waals surface area contributed by atoms with Gasteiger partial charge in [-0.25, -0.2) is 18.7 Å². The van der Waals surface area contributed by atoms with Gasteiger partial charge in [-0.2, -0.15) is 0 Å². The van der Waals surface area contributed by atoms with Gasteiger partial charge in [0.25, 0.3) is 8.32 Å². The van der Waals surface area contributed by atoms with Crippen LogP contribution in [0.3, 0.4) is 0 Å². The van der Waals surface area contributed by atoms with E-state index in [1.165, 1.54) is 12.2 Å². The van der Waals surface area contributed by atoms with E-state index in [9.17, 15) is 37.9 Å². The van der Waals surface area contributed by atoms with Crippen molar-refractivity contribution in [1.82, 2.24) is 21.3 Å². The second kappa shape index (κ2) is 41.2. The molecule has 0 saturated heterocycles. The van der Waals surface area contributed by atoms with Crippen LogP contribution in [-0.2, 0) is 78.8 Å². The van der Waals surface area contributed by atoms with Crippen LogP contribution in [0.25, 0.3) is 22.3 Å². The van der Waals surface area contributed by atoms with Gasteiger partial charge in [-0.1, -0.05) is 191 Å². The van der Waals surface area contributed by atoms with Gasteiger partial charge >= 0.3 is 39.8 Å². The number of aliphatic hydroxyl groups is 1. The summed E-state index contributed by atoms with van der Waals surface area (Å²) < 4.78 is 88.7. The number of aliphatic hydroxyl groups excluding tert-OH is 1. The average Bonchev–Trinajstić information content (AvgIpc) is 1.62. The number of fused-ring (bicyclic) bond motifs is 6. The number of hydrogen-bond donors (Lipinski definition) is 5. The Morgan fingerprint density at radius 3 is 1.15 bits per heavy atom. The topological polar surface area (TPSA) is 306 Å². The van der Waals surface area contributed by atoms with Gasteiger partial charge in [-0.3, -0.25) is 46.3 Å². The van der Waals surface area contributed by atoms with Gasteiger partial charge in [0, 0.05) is 51.0 Å². The molecule has 0 aromatic heterocycles. The highest BCUT2D eigenvalue weighted by atomic mass is 31.2. The highest BCUT2D eigenvalue weighted by molar-refractivity contribution is 7.48. The van der Waals surface area contributed by atoms with Gasteiger partial charge in [0.05, 0.1) is 39.6 Å². The molecule has 24 nitrogen and oxygen atoms in total. The first-order valence-electron chi connectivity index (χ1n) is 35.9. The van der Waals surface area contributed by atoms with Gasteiger partial charge < -0.3 is 49.7 Å². The fourth-order valence-corrected chi connectivity index (χ4v) is 19.2. The first-order valence-corrected chi connectivity index (χ1v) is 40.7. The summed E-state index contributed by atoms with van der Waals surface area (Å²) in [6.45, 7) is 22.9. The third kappa shape index (κ3) is 26.2. The molecule has 0 heterocycles. The molecule has 5 N–H and O–H groups in total. The van der Waals surface area contributed by atoms with Crippen LogP contribution in [0.4, 0.5) is 9.59 Å². The Balaban J connectivity index is 0.000000314. The van der Waals surface area contributed by atoms with E-state index >= 15 is 0 Å². The number of benzene rings is 6. The van der Waals surface area contributed by atoms with Crippen molar-refractivity contribution in [1.29, 1.82) is 0 Å². The van der Waals surface area contributed by atoms with Crippen molar-refractivity contribution >= 4 is 70.3 Å². The van der Waals surface area contributed by atoms with Gasteiger partial charge in [0.2, 0.25) is 11.8 Å². The molecule has 4 amide bonds. The quantitative estimate of drug-likeness (QED) is 0.00596. The standard InChI is InChI=1S/C48H61N2O10PSi.C32H43N2O10P/c1-8-31-56-61(54,57-32-19-29-44(51)60-47(2,3)4)58-35-43(50-46(53)55-34-42-40-27-17-15-25-38(40)39-26-16-18-28-41(39)42)45(52)49-30-20-33-59-62(48(5,6)7,36-21-11-9-12-22-36)37-23-13-10-14-24-37;1-5-19-41-45(39,42-20-10-16-29(36)44-32(2,3)4)43-22-28(30(37)33-17-11-18-35)34-31(38)40-21-27-25-14-8-6-12-23(25)24-13-7-9-15-26(24)27/h8-18,21-28,42-43H,1,19-20,29-35H2,2-7H3,(H,49,52)(H,50,53);5-9,12-15,27-28,35H,1,10-11,16-22H2,2-4H3,(H,33,37)(H,34,38).